The molecule has 50 valence electrons. The van der Waals surface area contributed by atoms with Crippen molar-refractivity contribution in [2.24, 2.45) is 0 Å². The lowest BCUT2D eigenvalue weighted by molar-refractivity contribution is 1.61. The maximum absolute atomic E-state index is 6.77. The van der Waals surface area contributed by atoms with E-state index in [1.165, 1.54) is 0 Å². The van der Waals surface area contributed by atoms with Crippen LogP contribution in [-0.4, -0.2) is 0 Å². The standard InChI is InChI=1S/C7H3BrIN/c1-10-7-4-5(9)2-3-6(7)8/h2-4H. The third-order valence-electron chi connectivity index (χ3n) is 1.03. The lowest BCUT2D eigenvalue weighted by atomic mass is 10.3. The van der Waals surface area contributed by atoms with Gasteiger partial charge in [0.25, 0.3) is 0 Å². The number of hydrogen-bond acceptors (Lipinski definition) is 0. The van der Waals surface area contributed by atoms with Gasteiger partial charge in [-0.3, -0.25) is 0 Å². The zero-order valence-electron chi connectivity index (χ0n) is 4.94. The summed E-state index contributed by atoms with van der Waals surface area (Å²) in [5, 5.41) is 0. The average molecular weight is 308 g/mol. The molecule has 0 saturated heterocycles. The van der Waals surface area contributed by atoms with Crippen LogP contribution in [-0.2, 0) is 0 Å². The molecule has 1 aromatic carbocycles. The monoisotopic (exact) mass is 307 g/mol. The summed E-state index contributed by atoms with van der Waals surface area (Å²) in [6.45, 7) is 6.77. The quantitative estimate of drug-likeness (QED) is 0.509. The summed E-state index contributed by atoms with van der Waals surface area (Å²) in [5.41, 5.74) is 0.673. The van der Waals surface area contributed by atoms with E-state index in [0.717, 1.165) is 8.04 Å². The van der Waals surface area contributed by atoms with Crippen LogP contribution >= 0.6 is 38.5 Å². The van der Waals surface area contributed by atoms with Gasteiger partial charge in [0.2, 0.25) is 5.69 Å². The predicted octanol–water partition coefficient (Wildman–Crippen LogP) is 3.60. The van der Waals surface area contributed by atoms with Crippen LogP contribution in [0.5, 0.6) is 0 Å². The highest BCUT2D eigenvalue weighted by atomic mass is 127. The number of hydrogen-bond donors (Lipinski definition) is 0. The van der Waals surface area contributed by atoms with Crippen LogP contribution in [0.4, 0.5) is 5.69 Å². The molecular formula is C7H3BrIN. The number of benzene rings is 1. The van der Waals surface area contributed by atoms with E-state index in [1.54, 1.807) is 0 Å². The summed E-state index contributed by atoms with van der Waals surface area (Å²) in [6.07, 6.45) is 0. The second-order valence-corrected chi connectivity index (χ2v) is 3.81. The summed E-state index contributed by atoms with van der Waals surface area (Å²) in [4.78, 5) is 3.33. The first-order valence-corrected chi connectivity index (χ1v) is 4.43. The fourth-order valence-corrected chi connectivity index (χ4v) is 1.38. The van der Waals surface area contributed by atoms with Crippen molar-refractivity contribution < 1.29 is 0 Å². The molecule has 0 heterocycles. The molecule has 0 atom stereocenters. The molecule has 10 heavy (non-hydrogen) atoms. The minimum atomic E-state index is 0.673. The van der Waals surface area contributed by atoms with Crippen LogP contribution in [0, 0.1) is 10.1 Å². The highest BCUT2D eigenvalue weighted by molar-refractivity contribution is 14.1. The second kappa shape index (κ2) is 3.35. The largest absolute Gasteiger partial charge is 0.237 e. The van der Waals surface area contributed by atoms with E-state index in [0.29, 0.717) is 5.69 Å². The van der Waals surface area contributed by atoms with Crippen LogP contribution < -0.4 is 0 Å². The first kappa shape index (κ1) is 8.02. The molecule has 0 aliphatic carbocycles. The highest BCUT2D eigenvalue weighted by Crippen LogP contribution is 2.26. The van der Waals surface area contributed by atoms with Crippen molar-refractivity contribution in [1.82, 2.24) is 0 Å². The van der Waals surface area contributed by atoms with E-state index in [-0.39, 0.29) is 0 Å². The van der Waals surface area contributed by atoms with E-state index in [4.69, 9.17) is 6.57 Å². The van der Waals surface area contributed by atoms with E-state index < -0.39 is 0 Å². The number of halogens is 2. The van der Waals surface area contributed by atoms with Crippen LogP contribution in [0.1, 0.15) is 0 Å². The maximum Gasteiger partial charge on any atom is 0.202 e. The Morgan fingerprint density at radius 2 is 2.20 bits per heavy atom. The Morgan fingerprint density at radius 3 is 2.70 bits per heavy atom. The molecule has 0 amide bonds. The first-order chi connectivity index (χ1) is 4.74. The maximum atomic E-state index is 6.77. The summed E-state index contributed by atoms with van der Waals surface area (Å²) < 4.78 is 1.95. The fourth-order valence-electron chi connectivity index (χ4n) is 0.571. The minimum Gasteiger partial charge on any atom is -0.237 e. The molecule has 3 heteroatoms. The fraction of sp³-hybridized carbons (Fsp3) is 0. The van der Waals surface area contributed by atoms with Gasteiger partial charge in [-0.05, 0) is 28.7 Å². The molecule has 0 aliphatic heterocycles. The molecule has 0 spiro atoms. The summed E-state index contributed by atoms with van der Waals surface area (Å²) >= 11 is 5.45. The molecule has 0 unspecified atom stereocenters. The Bertz CT molecular complexity index is 290. The van der Waals surface area contributed by atoms with Crippen molar-refractivity contribution in [3.63, 3.8) is 0 Å². The Morgan fingerprint density at radius 1 is 1.50 bits per heavy atom. The van der Waals surface area contributed by atoms with Crippen molar-refractivity contribution >= 4 is 44.2 Å². The summed E-state index contributed by atoms with van der Waals surface area (Å²) in [6, 6.07) is 5.69. The average Bonchev–Trinajstić information content (AvgIpc) is 1.94. The SMILES string of the molecule is [C-]#[N+]c1cc(I)ccc1Br. The van der Waals surface area contributed by atoms with Crippen LogP contribution in [0.3, 0.4) is 0 Å². The lowest BCUT2D eigenvalue weighted by Crippen LogP contribution is -1.69. The van der Waals surface area contributed by atoms with E-state index >= 15 is 0 Å². The van der Waals surface area contributed by atoms with Crippen molar-refractivity contribution in [3.05, 3.63) is 37.7 Å². The normalized spacial score (nSPS) is 8.90. The van der Waals surface area contributed by atoms with E-state index in [1.807, 2.05) is 18.2 Å². The van der Waals surface area contributed by atoms with Gasteiger partial charge < -0.3 is 0 Å². The van der Waals surface area contributed by atoms with Crippen molar-refractivity contribution in [2.45, 2.75) is 0 Å². The third kappa shape index (κ3) is 1.70. The van der Waals surface area contributed by atoms with Crippen LogP contribution in [0.15, 0.2) is 22.7 Å². The lowest BCUT2D eigenvalue weighted by Gasteiger charge is -1.93. The second-order valence-electron chi connectivity index (χ2n) is 1.71. The van der Waals surface area contributed by atoms with Gasteiger partial charge in [0.15, 0.2) is 0 Å². The molecule has 1 nitrogen and oxygen atoms in total. The first-order valence-electron chi connectivity index (χ1n) is 2.56. The zero-order chi connectivity index (χ0) is 7.56. The van der Waals surface area contributed by atoms with Gasteiger partial charge in [-0.2, -0.15) is 0 Å². The third-order valence-corrected chi connectivity index (χ3v) is 2.37. The molecule has 0 aromatic heterocycles. The Balaban J connectivity index is 3.25. The molecule has 1 rings (SSSR count). The van der Waals surface area contributed by atoms with Gasteiger partial charge in [0, 0.05) is 8.04 Å². The zero-order valence-corrected chi connectivity index (χ0v) is 8.68. The van der Waals surface area contributed by atoms with Gasteiger partial charge >= 0.3 is 0 Å². The van der Waals surface area contributed by atoms with Gasteiger partial charge in [-0.1, -0.05) is 28.1 Å². The van der Waals surface area contributed by atoms with Crippen molar-refractivity contribution in [2.75, 3.05) is 0 Å². The van der Waals surface area contributed by atoms with Crippen LogP contribution in [0.25, 0.3) is 4.85 Å². The van der Waals surface area contributed by atoms with Gasteiger partial charge in [-0.15, -0.1) is 0 Å². The summed E-state index contributed by atoms with van der Waals surface area (Å²) in [7, 11) is 0. The molecule has 0 aliphatic rings. The number of rotatable bonds is 0. The smallest absolute Gasteiger partial charge is 0.202 e. The Labute approximate surface area is 81.5 Å². The van der Waals surface area contributed by atoms with Crippen molar-refractivity contribution in [1.29, 1.82) is 0 Å². The Hall–Kier alpha value is -0.0800. The van der Waals surface area contributed by atoms with Gasteiger partial charge in [0.05, 0.1) is 6.57 Å². The highest BCUT2D eigenvalue weighted by Gasteiger charge is 1.97. The van der Waals surface area contributed by atoms with Crippen molar-refractivity contribution in [3.8, 4) is 0 Å². The predicted molar refractivity (Wildman–Crippen MR) is 53.1 cm³/mol. The van der Waals surface area contributed by atoms with Gasteiger partial charge in [-0.25, -0.2) is 4.85 Å². The van der Waals surface area contributed by atoms with Crippen LogP contribution in [0.2, 0.25) is 0 Å². The Kier molecular flexibility index (Phi) is 2.69. The molecule has 1 aromatic rings. The molecule has 0 saturated carbocycles. The topological polar surface area (TPSA) is 4.36 Å². The molecule has 0 fully saturated rings. The van der Waals surface area contributed by atoms with Gasteiger partial charge in [0.1, 0.15) is 0 Å². The van der Waals surface area contributed by atoms with E-state index in [9.17, 15) is 0 Å². The molecular weight excluding hydrogens is 305 g/mol. The summed E-state index contributed by atoms with van der Waals surface area (Å²) in [5.74, 6) is 0. The minimum absolute atomic E-state index is 0.673. The number of nitrogens with zero attached hydrogens (tertiary/aromatic N) is 1. The molecule has 0 radical (unpaired) electrons. The molecule has 0 N–H and O–H groups in total. The molecule has 0 bridgehead atoms. The van der Waals surface area contributed by atoms with E-state index in [2.05, 4.69) is 43.4 Å².